The monoisotopic (exact) mass is 185 g/mol. The molecule has 0 aliphatic rings. The Morgan fingerprint density at radius 3 is 2.50 bits per heavy atom. The minimum atomic E-state index is 1.01. The molecule has 0 spiro atoms. The topological polar surface area (TPSA) is 16.8 Å². The third-order valence-corrected chi connectivity index (χ3v) is 2.39. The quantitative estimate of drug-likeness (QED) is 0.620. The van der Waals surface area contributed by atoms with Crippen LogP contribution in [0.1, 0.15) is 5.69 Å². The van der Waals surface area contributed by atoms with E-state index in [1.54, 1.807) is 0 Å². The summed E-state index contributed by atoms with van der Waals surface area (Å²) in [4.78, 5) is 4.37. The summed E-state index contributed by atoms with van der Waals surface area (Å²) in [6.07, 6.45) is 1.84. The van der Waals surface area contributed by atoms with Crippen LogP contribution in [0.4, 0.5) is 0 Å². The molecule has 1 aromatic carbocycles. The van der Waals surface area contributed by atoms with Gasteiger partial charge in [-0.25, -0.2) is 4.57 Å². The van der Waals surface area contributed by atoms with Crippen molar-refractivity contribution in [2.45, 2.75) is 6.92 Å². The van der Waals surface area contributed by atoms with E-state index in [1.165, 1.54) is 5.69 Å². The number of nitrogens with zero attached hydrogens (tertiary/aromatic N) is 2. The predicted octanol–water partition coefficient (Wildman–Crippen LogP) is 1.88. The van der Waals surface area contributed by atoms with Crippen LogP contribution in [0.3, 0.4) is 0 Å². The van der Waals surface area contributed by atoms with Gasteiger partial charge in [0.1, 0.15) is 11.9 Å². The number of aromatic nitrogens is 2. The van der Waals surface area contributed by atoms with Crippen LogP contribution in [0, 0.1) is 6.92 Å². The first-order valence-corrected chi connectivity index (χ1v) is 4.66. The summed E-state index contributed by atoms with van der Waals surface area (Å²) in [6.45, 7) is 2.08. The van der Waals surface area contributed by atoms with E-state index in [2.05, 4.69) is 28.6 Å². The van der Waals surface area contributed by atoms with Crippen LogP contribution < -0.4 is 4.57 Å². The molecule has 0 aliphatic carbocycles. The van der Waals surface area contributed by atoms with Gasteiger partial charge in [0.05, 0.1) is 12.6 Å². The first-order chi connectivity index (χ1) is 6.79. The lowest BCUT2D eigenvalue weighted by atomic mass is 10.2. The van der Waals surface area contributed by atoms with Gasteiger partial charge in [-0.2, -0.15) is 0 Å². The average molecular weight is 185 g/mol. The van der Waals surface area contributed by atoms with Gasteiger partial charge in [-0.15, -0.1) is 0 Å². The van der Waals surface area contributed by atoms with E-state index >= 15 is 0 Å². The lowest BCUT2D eigenvalue weighted by molar-refractivity contribution is -0.669. The van der Waals surface area contributed by atoms with Crippen molar-refractivity contribution >= 4 is 0 Å². The van der Waals surface area contributed by atoms with Crippen LogP contribution in [-0.4, -0.2) is 4.98 Å². The second kappa shape index (κ2) is 3.58. The highest BCUT2D eigenvalue weighted by atomic mass is 15.0. The van der Waals surface area contributed by atoms with Crippen molar-refractivity contribution in [1.29, 1.82) is 0 Å². The maximum absolute atomic E-state index is 4.37. The fourth-order valence-electron chi connectivity index (χ4n) is 1.44. The highest BCUT2D eigenvalue weighted by Gasteiger charge is 2.12. The van der Waals surface area contributed by atoms with Gasteiger partial charge in [0.2, 0.25) is 0 Å². The van der Waals surface area contributed by atoms with Gasteiger partial charge in [-0.3, -0.25) is 0 Å². The van der Waals surface area contributed by atoms with Crippen molar-refractivity contribution < 1.29 is 4.57 Å². The Hall–Kier alpha value is -1.70. The van der Waals surface area contributed by atoms with E-state index in [1.807, 2.05) is 37.5 Å². The molecule has 0 N–H and O–H groups in total. The molecule has 0 amide bonds. The van der Waals surface area contributed by atoms with E-state index in [0.717, 1.165) is 11.4 Å². The highest BCUT2D eigenvalue weighted by molar-refractivity contribution is 5.51. The smallest absolute Gasteiger partial charge is 0.230 e. The molecule has 0 unspecified atom stereocenters. The van der Waals surface area contributed by atoms with E-state index in [-0.39, 0.29) is 0 Å². The molecule has 2 heteroatoms. The summed E-state index contributed by atoms with van der Waals surface area (Å²) < 4.78 is 2.09. The summed E-state index contributed by atoms with van der Waals surface area (Å²) in [5, 5.41) is 0. The normalized spacial score (nSPS) is 10.1. The molecule has 0 radical (unpaired) electrons. The molecule has 0 fully saturated rings. The SMILES string of the molecule is Cc1ccnc(-c2ccccc2)[n+]1C. The van der Waals surface area contributed by atoms with Crippen molar-refractivity contribution in [3.05, 3.63) is 48.3 Å². The molecule has 1 aromatic heterocycles. The maximum Gasteiger partial charge on any atom is 0.330 e. The zero-order valence-corrected chi connectivity index (χ0v) is 8.44. The van der Waals surface area contributed by atoms with E-state index in [4.69, 9.17) is 0 Å². The lowest BCUT2D eigenvalue weighted by Gasteiger charge is -2.00. The molecule has 70 valence electrons. The van der Waals surface area contributed by atoms with Crippen LogP contribution in [-0.2, 0) is 7.05 Å². The lowest BCUT2D eigenvalue weighted by Crippen LogP contribution is -2.35. The molecule has 0 saturated carbocycles. The van der Waals surface area contributed by atoms with Gasteiger partial charge >= 0.3 is 5.82 Å². The summed E-state index contributed by atoms with van der Waals surface area (Å²) in [5.41, 5.74) is 2.36. The minimum Gasteiger partial charge on any atom is -0.230 e. The summed E-state index contributed by atoms with van der Waals surface area (Å²) in [7, 11) is 2.03. The fraction of sp³-hybridized carbons (Fsp3) is 0.167. The molecule has 0 atom stereocenters. The number of benzene rings is 1. The Morgan fingerprint density at radius 2 is 1.79 bits per heavy atom. The van der Waals surface area contributed by atoms with Crippen LogP contribution in [0.5, 0.6) is 0 Å². The number of rotatable bonds is 1. The first-order valence-electron chi connectivity index (χ1n) is 4.66. The molecule has 2 nitrogen and oxygen atoms in total. The van der Waals surface area contributed by atoms with Crippen molar-refractivity contribution in [1.82, 2.24) is 4.98 Å². The Bertz CT molecular complexity index is 435. The van der Waals surface area contributed by atoms with Gasteiger partial charge in [-0.05, 0) is 24.0 Å². The van der Waals surface area contributed by atoms with Crippen LogP contribution >= 0.6 is 0 Å². The second-order valence-electron chi connectivity index (χ2n) is 3.33. The second-order valence-corrected chi connectivity index (χ2v) is 3.33. The third-order valence-electron chi connectivity index (χ3n) is 2.39. The maximum atomic E-state index is 4.37. The molecular weight excluding hydrogens is 172 g/mol. The molecule has 0 saturated heterocycles. The fourth-order valence-corrected chi connectivity index (χ4v) is 1.44. The van der Waals surface area contributed by atoms with Gasteiger partial charge in [0.25, 0.3) is 0 Å². The Labute approximate surface area is 83.9 Å². The minimum absolute atomic E-state index is 1.01. The average Bonchev–Trinajstić information content (AvgIpc) is 2.23. The van der Waals surface area contributed by atoms with Gasteiger partial charge in [0.15, 0.2) is 0 Å². The van der Waals surface area contributed by atoms with Gasteiger partial charge in [0, 0.05) is 6.07 Å². The molecule has 0 aliphatic heterocycles. The molecule has 14 heavy (non-hydrogen) atoms. The molecule has 2 aromatic rings. The third kappa shape index (κ3) is 1.51. The van der Waals surface area contributed by atoms with Crippen molar-refractivity contribution in [2.24, 2.45) is 7.05 Å². The van der Waals surface area contributed by atoms with Crippen molar-refractivity contribution in [3.8, 4) is 11.4 Å². The Morgan fingerprint density at radius 1 is 1.07 bits per heavy atom. The van der Waals surface area contributed by atoms with Crippen LogP contribution in [0.25, 0.3) is 11.4 Å². The standard InChI is InChI=1S/C12H13N2/c1-10-8-9-13-12(14(10)2)11-6-4-3-5-7-11/h3-9H,1-2H3/q+1. The molecular formula is C12H13N2+. The summed E-state index contributed by atoms with van der Waals surface area (Å²) >= 11 is 0. The Balaban J connectivity index is 2.58. The summed E-state index contributed by atoms with van der Waals surface area (Å²) in [5.74, 6) is 1.01. The van der Waals surface area contributed by atoms with E-state index in [0.29, 0.717) is 0 Å². The molecule has 2 rings (SSSR count). The predicted molar refractivity (Wildman–Crippen MR) is 55.6 cm³/mol. The van der Waals surface area contributed by atoms with Gasteiger partial charge in [-0.1, -0.05) is 18.2 Å². The van der Waals surface area contributed by atoms with Crippen LogP contribution in [0.15, 0.2) is 42.6 Å². The van der Waals surface area contributed by atoms with Crippen LogP contribution in [0.2, 0.25) is 0 Å². The summed E-state index contributed by atoms with van der Waals surface area (Å²) in [6, 6.07) is 12.2. The largest absolute Gasteiger partial charge is 0.330 e. The Kier molecular flexibility index (Phi) is 2.27. The number of hydrogen-bond acceptors (Lipinski definition) is 1. The van der Waals surface area contributed by atoms with E-state index < -0.39 is 0 Å². The van der Waals surface area contributed by atoms with Gasteiger partial charge < -0.3 is 0 Å². The highest BCUT2D eigenvalue weighted by Crippen LogP contribution is 2.11. The zero-order chi connectivity index (χ0) is 9.97. The van der Waals surface area contributed by atoms with Crippen molar-refractivity contribution in [2.75, 3.05) is 0 Å². The number of aryl methyl sites for hydroxylation is 1. The molecule has 1 heterocycles. The van der Waals surface area contributed by atoms with Crippen molar-refractivity contribution in [3.63, 3.8) is 0 Å². The zero-order valence-electron chi connectivity index (χ0n) is 8.44. The van der Waals surface area contributed by atoms with E-state index in [9.17, 15) is 0 Å². The number of hydrogen-bond donors (Lipinski definition) is 0. The molecule has 0 bridgehead atoms. The first kappa shape index (κ1) is 8.88.